The summed E-state index contributed by atoms with van der Waals surface area (Å²) in [5.41, 5.74) is 2.21. The maximum absolute atomic E-state index is 5.36. The lowest BCUT2D eigenvalue weighted by Gasteiger charge is -2.06. The Morgan fingerprint density at radius 3 is 2.92 bits per heavy atom. The molecule has 0 aliphatic heterocycles. The molecule has 0 saturated carbocycles. The molecule has 26 heavy (non-hydrogen) atoms. The van der Waals surface area contributed by atoms with Gasteiger partial charge in [0.2, 0.25) is 0 Å². The number of hydrogen-bond donors (Lipinski definition) is 1. The predicted octanol–water partition coefficient (Wildman–Crippen LogP) is 4.24. The van der Waals surface area contributed by atoms with E-state index < -0.39 is 0 Å². The minimum atomic E-state index is 0.246. The van der Waals surface area contributed by atoms with Gasteiger partial charge < -0.3 is 9.84 Å². The van der Waals surface area contributed by atoms with Gasteiger partial charge in [0.1, 0.15) is 5.82 Å². The van der Waals surface area contributed by atoms with E-state index in [1.165, 1.54) is 34.8 Å². The van der Waals surface area contributed by atoms with Crippen LogP contribution in [0.5, 0.6) is 0 Å². The zero-order valence-electron chi connectivity index (χ0n) is 15.2. The van der Waals surface area contributed by atoms with Crippen LogP contribution in [0, 0.1) is 0 Å². The molecule has 0 radical (unpaired) electrons. The van der Waals surface area contributed by atoms with Gasteiger partial charge in [0.15, 0.2) is 5.82 Å². The molecule has 3 heterocycles. The molecular formula is C19H23N5OS. The zero-order chi connectivity index (χ0) is 17.9. The van der Waals surface area contributed by atoms with Gasteiger partial charge in [0, 0.05) is 35.5 Å². The first-order valence-corrected chi connectivity index (χ1v) is 10.0. The van der Waals surface area contributed by atoms with E-state index >= 15 is 0 Å². The lowest BCUT2D eigenvalue weighted by atomic mass is 10.0. The minimum absolute atomic E-state index is 0.246. The monoisotopic (exact) mass is 369 g/mol. The second-order valence-electron chi connectivity index (χ2n) is 6.90. The summed E-state index contributed by atoms with van der Waals surface area (Å²) in [6, 6.07) is 3.84. The summed E-state index contributed by atoms with van der Waals surface area (Å²) in [6.45, 7) is 4.90. The molecule has 0 amide bonds. The topological polar surface area (TPSA) is 76.7 Å². The Hall–Kier alpha value is -2.28. The van der Waals surface area contributed by atoms with Crippen LogP contribution in [-0.2, 0) is 19.3 Å². The molecule has 0 bridgehead atoms. The Morgan fingerprint density at radius 2 is 2.12 bits per heavy atom. The molecule has 4 rings (SSSR count). The van der Waals surface area contributed by atoms with E-state index in [2.05, 4.69) is 20.4 Å². The number of rotatable bonds is 6. The first-order valence-electron chi connectivity index (χ1n) is 9.20. The number of pyridine rings is 1. The van der Waals surface area contributed by atoms with Crippen molar-refractivity contribution in [3.05, 3.63) is 39.7 Å². The van der Waals surface area contributed by atoms with Gasteiger partial charge in [0.05, 0.1) is 10.7 Å². The highest BCUT2D eigenvalue weighted by atomic mass is 32.1. The van der Waals surface area contributed by atoms with Crippen LogP contribution in [0.1, 0.15) is 54.0 Å². The molecule has 0 spiro atoms. The third-order valence-electron chi connectivity index (χ3n) is 4.50. The molecule has 3 aromatic heterocycles. The Kier molecular flexibility index (Phi) is 4.97. The van der Waals surface area contributed by atoms with Gasteiger partial charge in [-0.15, -0.1) is 11.3 Å². The summed E-state index contributed by atoms with van der Waals surface area (Å²) in [7, 11) is 0. The lowest BCUT2D eigenvalue weighted by molar-refractivity contribution is 0.419. The molecule has 6 nitrogen and oxygen atoms in total. The van der Waals surface area contributed by atoms with Crippen LogP contribution in [-0.4, -0.2) is 26.7 Å². The SMILES string of the molecule is CC(C)c1noc(-c2ccnc(NCCc3nc4c(s3)CCCC4)c2)n1. The fourth-order valence-electron chi connectivity index (χ4n) is 3.06. The van der Waals surface area contributed by atoms with Gasteiger partial charge in [-0.25, -0.2) is 9.97 Å². The van der Waals surface area contributed by atoms with Crippen molar-refractivity contribution in [2.75, 3.05) is 11.9 Å². The molecule has 1 N–H and O–H groups in total. The Balaban J connectivity index is 1.38. The number of thiazole rings is 1. The number of nitrogens with one attached hydrogen (secondary N) is 1. The summed E-state index contributed by atoms with van der Waals surface area (Å²) >= 11 is 1.87. The second kappa shape index (κ2) is 7.53. The summed E-state index contributed by atoms with van der Waals surface area (Å²) < 4.78 is 5.36. The number of hydrogen-bond acceptors (Lipinski definition) is 7. The minimum Gasteiger partial charge on any atom is -0.370 e. The van der Waals surface area contributed by atoms with Gasteiger partial charge in [0.25, 0.3) is 5.89 Å². The molecule has 0 atom stereocenters. The van der Waals surface area contributed by atoms with Crippen LogP contribution >= 0.6 is 11.3 Å². The highest BCUT2D eigenvalue weighted by molar-refractivity contribution is 7.11. The maximum Gasteiger partial charge on any atom is 0.258 e. The zero-order valence-corrected chi connectivity index (χ0v) is 16.0. The summed E-state index contributed by atoms with van der Waals surface area (Å²) in [6.07, 6.45) is 7.61. The third-order valence-corrected chi connectivity index (χ3v) is 5.72. The quantitative estimate of drug-likeness (QED) is 0.700. The summed E-state index contributed by atoms with van der Waals surface area (Å²) in [4.78, 5) is 15.1. The van der Waals surface area contributed by atoms with Crippen LogP contribution in [0.2, 0.25) is 0 Å². The molecular weight excluding hydrogens is 346 g/mol. The van der Waals surface area contributed by atoms with Crippen molar-refractivity contribution >= 4 is 17.2 Å². The first-order chi connectivity index (χ1) is 12.7. The molecule has 3 aromatic rings. The second-order valence-corrected chi connectivity index (χ2v) is 8.07. The van der Waals surface area contributed by atoms with Crippen molar-refractivity contribution in [3.8, 4) is 11.5 Å². The van der Waals surface area contributed by atoms with Crippen molar-refractivity contribution in [1.29, 1.82) is 0 Å². The van der Waals surface area contributed by atoms with Crippen molar-refractivity contribution in [2.24, 2.45) is 0 Å². The molecule has 0 saturated heterocycles. The van der Waals surface area contributed by atoms with Crippen LogP contribution in [0.3, 0.4) is 0 Å². The Morgan fingerprint density at radius 1 is 1.23 bits per heavy atom. The Bertz CT molecular complexity index is 862. The van der Waals surface area contributed by atoms with Crippen LogP contribution in [0.25, 0.3) is 11.5 Å². The molecule has 0 aromatic carbocycles. The van der Waals surface area contributed by atoms with E-state index in [0.29, 0.717) is 5.89 Å². The van der Waals surface area contributed by atoms with Gasteiger partial charge in [-0.2, -0.15) is 4.98 Å². The van der Waals surface area contributed by atoms with Gasteiger partial charge >= 0.3 is 0 Å². The van der Waals surface area contributed by atoms with E-state index in [1.54, 1.807) is 6.20 Å². The highest BCUT2D eigenvalue weighted by Gasteiger charge is 2.15. The highest BCUT2D eigenvalue weighted by Crippen LogP contribution is 2.27. The average Bonchev–Trinajstić information content (AvgIpc) is 3.29. The number of nitrogens with zero attached hydrogens (tertiary/aromatic N) is 4. The van der Waals surface area contributed by atoms with Crippen molar-refractivity contribution < 1.29 is 4.52 Å². The fraction of sp³-hybridized carbons (Fsp3) is 0.474. The fourth-order valence-corrected chi connectivity index (χ4v) is 4.21. The smallest absolute Gasteiger partial charge is 0.258 e. The molecule has 7 heteroatoms. The largest absolute Gasteiger partial charge is 0.370 e. The standard InChI is InChI=1S/C19H23N5OS/c1-12(2)18-23-19(25-24-18)13-7-9-20-16(11-13)21-10-8-17-22-14-5-3-4-6-15(14)26-17/h7,9,11-12H,3-6,8,10H2,1-2H3,(H,20,21). The predicted molar refractivity (Wildman–Crippen MR) is 103 cm³/mol. The number of fused-ring (bicyclic) bond motifs is 1. The van der Waals surface area contributed by atoms with Gasteiger partial charge in [-0.3, -0.25) is 0 Å². The summed E-state index contributed by atoms with van der Waals surface area (Å²) in [5.74, 6) is 2.31. The van der Waals surface area contributed by atoms with Crippen molar-refractivity contribution in [2.45, 2.75) is 51.9 Å². The van der Waals surface area contributed by atoms with E-state index in [9.17, 15) is 0 Å². The number of aromatic nitrogens is 4. The maximum atomic E-state index is 5.36. The van der Waals surface area contributed by atoms with Crippen molar-refractivity contribution in [3.63, 3.8) is 0 Å². The van der Waals surface area contributed by atoms with Gasteiger partial charge in [-0.1, -0.05) is 19.0 Å². The molecule has 0 fully saturated rings. The molecule has 1 aliphatic carbocycles. The molecule has 0 unspecified atom stereocenters. The summed E-state index contributed by atoms with van der Waals surface area (Å²) in [5, 5.41) is 8.62. The van der Waals surface area contributed by atoms with Crippen LogP contribution in [0.15, 0.2) is 22.9 Å². The van der Waals surface area contributed by atoms with E-state index in [0.717, 1.165) is 36.6 Å². The number of aryl methyl sites for hydroxylation is 2. The third kappa shape index (κ3) is 3.77. The molecule has 1 aliphatic rings. The van der Waals surface area contributed by atoms with Crippen LogP contribution < -0.4 is 5.32 Å². The molecule has 136 valence electrons. The van der Waals surface area contributed by atoms with Crippen LogP contribution in [0.4, 0.5) is 5.82 Å². The number of anilines is 1. The first kappa shape index (κ1) is 17.1. The van der Waals surface area contributed by atoms with Crippen molar-refractivity contribution in [1.82, 2.24) is 20.1 Å². The Labute approximate surface area is 157 Å². The lowest BCUT2D eigenvalue weighted by Crippen LogP contribution is -2.06. The normalized spacial score (nSPS) is 13.8. The van der Waals surface area contributed by atoms with Gasteiger partial charge in [-0.05, 0) is 37.8 Å². The van der Waals surface area contributed by atoms with E-state index in [4.69, 9.17) is 9.51 Å². The van der Waals surface area contributed by atoms with E-state index in [1.807, 2.05) is 37.3 Å². The van der Waals surface area contributed by atoms with E-state index in [-0.39, 0.29) is 5.92 Å². The average molecular weight is 369 g/mol.